The maximum absolute atomic E-state index is 5.01. The molecule has 0 N–H and O–H groups in total. The zero-order valence-corrected chi connectivity index (χ0v) is 40.5. The molecule has 0 saturated carbocycles. The zero-order valence-electron chi connectivity index (χ0n) is 25.9. The van der Waals surface area contributed by atoms with Crippen LogP contribution in [0, 0.1) is 19.9 Å². The maximum atomic E-state index is 5.01. The first-order chi connectivity index (χ1) is 22.7. The second kappa shape index (κ2) is 25.2. The van der Waals surface area contributed by atoms with Crippen LogP contribution < -0.4 is 0 Å². The Labute approximate surface area is 357 Å². The third kappa shape index (κ3) is 18.0. The molecule has 0 aliphatic heterocycles. The Morgan fingerprint density at radius 3 is 1.11 bits per heavy atom. The number of aryl methyl sites for hydroxylation is 2. The van der Waals surface area contributed by atoms with Crippen LogP contribution in [0.2, 0.25) is 0 Å². The van der Waals surface area contributed by atoms with Gasteiger partial charge in [0.2, 0.25) is 0 Å². The molecule has 0 unspecified atom stereocenters. The second-order valence-electron chi connectivity index (χ2n) is 9.20. The fourth-order valence-corrected chi connectivity index (χ4v) is 4.18. The summed E-state index contributed by atoms with van der Waals surface area (Å²) in [6.07, 6.45) is 7.23. The topological polar surface area (TPSA) is 51.6 Å². The first-order valence-corrected chi connectivity index (χ1v) is 44.1. The summed E-state index contributed by atoms with van der Waals surface area (Å²) in [7, 11) is 24.6. The molecule has 0 saturated heterocycles. The summed E-state index contributed by atoms with van der Waals surface area (Å²) in [5.74, 6) is 0. The van der Waals surface area contributed by atoms with Gasteiger partial charge in [0.05, 0.1) is 11.4 Å². The van der Waals surface area contributed by atoms with Crippen LogP contribution in [-0.4, -0.2) is 83.1 Å². The van der Waals surface area contributed by atoms with E-state index in [4.69, 9.17) is 37.7 Å². The van der Waals surface area contributed by atoms with E-state index in [2.05, 4.69) is 79.6 Å². The van der Waals surface area contributed by atoms with E-state index in [-0.39, 0.29) is 0 Å². The van der Waals surface area contributed by atoms with Gasteiger partial charge in [-0.1, -0.05) is 54.4 Å². The standard InChI is InChI=1S/C17H14N2.C17H13N2.5ClH.2K.2Pt/c2*1-13-10-14(16-6-2-4-8-18-16)12-15(11-13)17-7-3-5-9-19-17;;;;;;;;;/h2-12H,1H3;2-11H,1H3;5*1H;;;;/q;-1;;;;;;;;+2;+4/p-5. The molecule has 6 aromatic rings. The predicted molar refractivity (Wildman–Crippen MR) is 195 cm³/mol. The Morgan fingerprint density at radius 1 is 0.511 bits per heavy atom. The van der Waals surface area contributed by atoms with Crippen LogP contribution in [0.3, 0.4) is 0 Å². The molecule has 4 aromatic heterocycles. The van der Waals surface area contributed by atoms with Gasteiger partial charge in [-0.05, 0) is 67.1 Å². The molecule has 4 heterocycles. The summed E-state index contributed by atoms with van der Waals surface area (Å²) in [6.45, 7) is 4.17. The Bertz CT molecular complexity index is 1490. The third-order valence-corrected chi connectivity index (χ3v) is 5.89. The first-order valence-electron chi connectivity index (χ1n) is 14.1. The summed E-state index contributed by atoms with van der Waals surface area (Å²) < 4.78 is 0. The quantitative estimate of drug-likeness (QED) is 0.130. The average Bonchev–Trinajstić information content (AvgIpc) is 3.11. The molecule has 240 valence electrons. The molecule has 0 aliphatic rings. The summed E-state index contributed by atoms with van der Waals surface area (Å²) in [5.41, 5.74) is 10.5. The van der Waals surface area contributed by atoms with E-state index in [1.54, 1.807) is 31.2 Å². The van der Waals surface area contributed by atoms with Gasteiger partial charge in [-0.15, -0.1) is 23.8 Å². The van der Waals surface area contributed by atoms with Crippen molar-refractivity contribution in [3.8, 4) is 45.0 Å². The number of nitrogens with zero attached hydrogens (tertiary/aromatic N) is 4. The minimum absolute atomic E-state index is 0.934. The molecule has 0 spiro atoms. The summed E-state index contributed by atoms with van der Waals surface area (Å²) >= 11 is 1.06. The Balaban J connectivity index is 0.000000262. The van der Waals surface area contributed by atoms with Crippen molar-refractivity contribution in [3.63, 3.8) is 0 Å². The van der Waals surface area contributed by atoms with Crippen molar-refractivity contribution in [2.45, 2.75) is 13.8 Å². The second-order valence-corrected chi connectivity index (χ2v) is 28.9. The monoisotopic (exact) mass is 1130 g/mol. The van der Waals surface area contributed by atoms with E-state index in [9.17, 15) is 0 Å². The van der Waals surface area contributed by atoms with Crippen LogP contribution in [0.1, 0.15) is 11.1 Å². The molecule has 4 nitrogen and oxygen atoms in total. The molecular formula is C34H27Cl5K2N4Pt2. The van der Waals surface area contributed by atoms with Gasteiger partial charge in [0.1, 0.15) is 0 Å². The molecule has 0 aliphatic carbocycles. The molecule has 0 atom stereocenters. The Kier molecular flexibility index (Phi) is 23.7. The number of benzene rings is 2. The SMILES string of the molecule is Cc1cc(-c2ccccn2)[c-]c(-c2ccccn2)c1.Cc1cc(-c2ccccn2)cc(-c2ccccn2)c1.[Cl][Pt+].[Cl][Pt]([Cl])([Cl])[Cl].[K][K]. The third-order valence-electron chi connectivity index (χ3n) is 5.89. The van der Waals surface area contributed by atoms with Crippen molar-refractivity contribution in [1.82, 2.24) is 19.9 Å². The molecular weight excluding hydrogens is 1110 g/mol. The van der Waals surface area contributed by atoms with Crippen LogP contribution in [0.4, 0.5) is 0 Å². The number of hydrogen-bond donors (Lipinski definition) is 0. The van der Waals surface area contributed by atoms with E-state index in [0.29, 0.717) is 0 Å². The molecule has 13 heteroatoms. The van der Waals surface area contributed by atoms with E-state index < -0.39 is 11.9 Å². The molecule has 6 rings (SSSR count). The molecule has 47 heavy (non-hydrogen) atoms. The van der Waals surface area contributed by atoms with Gasteiger partial charge in [0, 0.05) is 47.3 Å². The number of hydrogen-bond acceptors (Lipinski definition) is 4. The van der Waals surface area contributed by atoms with E-state index in [1.165, 1.54) is 74.3 Å². The summed E-state index contributed by atoms with van der Waals surface area (Å²) in [6, 6.07) is 37.7. The number of rotatable bonds is 4. The van der Waals surface area contributed by atoms with Crippen molar-refractivity contribution < 1.29 is 30.7 Å². The average molecular weight is 1140 g/mol. The van der Waals surface area contributed by atoms with Crippen LogP contribution >= 0.6 is 47.1 Å². The molecule has 0 fully saturated rings. The van der Waals surface area contributed by atoms with Gasteiger partial charge in [-0.3, -0.25) is 19.9 Å². The van der Waals surface area contributed by atoms with Crippen LogP contribution in [0.15, 0.2) is 128 Å². The summed E-state index contributed by atoms with van der Waals surface area (Å²) in [5, 5.41) is 0. The van der Waals surface area contributed by atoms with E-state index >= 15 is 0 Å². The van der Waals surface area contributed by atoms with E-state index in [0.717, 1.165) is 45.0 Å². The minimum atomic E-state index is -3.06. The Hall–Kier alpha value is 1.14. The predicted octanol–water partition coefficient (Wildman–Crippen LogP) is 10.7. The molecule has 0 amide bonds. The normalized spacial score (nSPS) is 10.3. The molecule has 0 bridgehead atoms. The van der Waals surface area contributed by atoms with Crippen molar-refractivity contribution in [2.75, 3.05) is 0 Å². The van der Waals surface area contributed by atoms with Crippen LogP contribution in [-0.2, 0) is 30.7 Å². The fraction of sp³-hybridized carbons (Fsp3) is 0.0588. The molecule has 2 aromatic carbocycles. The Morgan fingerprint density at radius 2 is 0.809 bits per heavy atom. The fourth-order valence-electron chi connectivity index (χ4n) is 4.18. The number of halogens is 5. The van der Waals surface area contributed by atoms with E-state index in [1.807, 2.05) is 85.2 Å². The van der Waals surface area contributed by atoms with Gasteiger partial charge in [0.15, 0.2) is 0 Å². The van der Waals surface area contributed by atoms with Crippen molar-refractivity contribution in [3.05, 3.63) is 145 Å². The van der Waals surface area contributed by atoms with Crippen molar-refractivity contribution in [2.24, 2.45) is 0 Å². The zero-order chi connectivity index (χ0) is 34.7. The van der Waals surface area contributed by atoms with Gasteiger partial charge >= 0.3 is 141 Å². The van der Waals surface area contributed by atoms with Gasteiger partial charge in [-0.2, -0.15) is 0 Å². The first kappa shape index (κ1) is 44.3. The van der Waals surface area contributed by atoms with Crippen LogP contribution in [0.5, 0.6) is 0 Å². The van der Waals surface area contributed by atoms with Crippen LogP contribution in [0.25, 0.3) is 45.0 Å². The van der Waals surface area contributed by atoms with Gasteiger partial charge in [-0.25, -0.2) is 0 Å². The van der Waals surface area contributed by atoms with Crippen molar-refractivity contribution >= 4 is 110 Å². The number of aromatic nitrogens is 4. The molecule has 0 radical (unpaired) electrons. The van der Waals surface area contributed by atoms with Gasteiger partial charge < -0.3 is 0 Å². The summed E-state index contributed by atoms with van der Waals surface area (Å²) in [4.78, 5) is 17.6. The van der Waals surface area contributed by atoms with Crippen molar-refractivity contribution in [1.29, 1.82) is 0 Å². The number of pyridine rings is 4. The van der Waals surface area contributed by atoms with Gasteiger partial charge in [0.25, 0.3) is 0 Å².